The SMILES string of the molecule is CC(C)n1ncc2ccc(-c3noc(C4CCN(C(=O)CNC(=O)OC(C)(C)C)CC4(F)F)n3)cc21. The Hall–Kier alpha value is -3.57. The lowest BCUT2D eigenvalue weighted by molar-refractivity contribution is -0.144. The molecule has 1 aromatic carbocycles. The molecule has 0 radical (unpaired) electrons. The van der Waals surface area contributed by atoms with Gasteiger partial charge < -0.3 is 19.5 Å². The highest BCUT2D eigenvalue weighted by molar-refractivity contribution is 5.83. The standard InChI is InChI=1S/C24H30F2N6O4/c1-14(2)32-18-10-15(6-7-16(18)11-28-32)20-29-21(36-30-20)17-8-9-31(13-24(17,25)26)19(33)12-27-22(34)35-23(3,4)5/h6-7,10-11,14,17H,8-9,12-13H2,1-5H3,(H,27,34). The number of piperidine rings is 1. The van der Waals surface area contributed by atoms with Crippen molar-refractivity contribution in [3.8, 4) is 11.4 Å². The highest BCUT2D eigenvalue weighted by Crippen LogP contribution is 2.40. The summed E-state index contributed by atoms with van der Waals surface area (Å²) >= 11 is 0. The van der Waals surface area contributed by atoms with Crippen LogP contribution in [0.4, 0.5) is 13.6 Å². The third kappa shape index (κ3) is 5.47. The normalized spacial score (nSPS) is 18.0. The Bertz CT molecular complexity index is 1260. The van der Waals surface area contributed by atoms with Crippen molar-refractivity contribution in [2.45, 2.75) is 64.5 Å². The first-order valence-electron chi connectivity index (χ1n) is 11.8. The molecule has 2 amide bonds. The molecule has 4 rings (SSSR count). The van der Waals surface area contributed by atoms with Crippen LogP contribution in [-0.4, -0.2) is 68.0 Å². The minimum atomic E-state index is -3.29. The van der Waals surface area contributed by atoms with Gasteiger partial charge in [0.05, 0.1) is 18.3 Å². The summed E-state index contributed by atoms with van der Waals surface area (Å²) in [6.45, 7) is 7.88. The Morgan fingerprint density at radius 3 is 2.72 bits per heavy atom. The van der Waals surface area contributed by atoms with Crippen LogP contribution in [0.5, 0.6) is 0 Å². The Kier molecular flexibility index (Phi) is 6.72. The van der Waals surface area contributed by atoms with E-state index in [0.717, 1.165) is 15.8 Å². The lowest BCUT2D eigenvalue weighted by Crippen LogP contribution is -2.52. The summed E-state index contributed by atoms with van der Waals surface area (Å²) in [6, 6.07) is 5.66. The predicted molar refractivity (Wildman–Crippen MR) is 127 cm³/mol. The molecule has 0 bridgehead atoms. The van der Waals surface area contributed by atoms with Gasteiger partial charge in [0.2, 0.25) is 17.6 Å². The maximum absolute atomic E-state index is 15.1. The molecule has 3 aromatic rings. The molecule has 194 valence electrons. The van der Waals surface area contributed by atoms with Gasteiger partial charge in [0, 0.05) is 23.5 Å². The van der Waals surface area contributed by atoms with Crippen molar-refractivity contribution < 1.29 is 27.6 Å². The first-order valence-corrected chi connectivity index (χ1v) is 11.8. The van der Waals surface area contributed by atoms with Crippen LogP contribution in [0.3, 0.4) is 0 Å². The molecule has 1 N–H and O–H groups in total. The number of aromatic nitrogens is 4. The molecule has 10 nitrogen and oxygen atoms in total. The Balaban J connectivity index is 1.43. The lowest BCUT2D eigenvalue weighted by atomic mass is 9.92. The number of nitrogens with one attached hydrogen (secondary N) is 1. The van der Waals surface area contributed by atoms with E-state index < -0.39 is 42.5 Å². The number of carbonyl (C=O) groups is 2. The van der Waals surface area contributed by atoms with Crippen LogP contribution in [0.2, 0.25) is 0 Å². The van der Waals surface area contributed by atoms with Crippen molar-refractivity contribution >= 4 is 22.9 Å². The highest BCUT2D eigenvalue weighted by Gasteiger charge is 2.49. The van der Waals surface area contributed by atoms with Gasteiger partial charge in [-0.25, -0.2) is 13.6 Å². The van der Waals surface area contributed by atoms with Crippen LogP contribution in [0.1, 0.15) is 58.9 Å². The monoisotopic (exact) mass is 504 g/mol. The molecule has 1 atom stereocenters. The minimum Gasteiger partial charge on any atom is -0.444 e. The van der Waals surface area contributed by atoms with Gasteiger partial charge >= 0.3 is 6.09 Å². The molecule has 2 aromatic heterocycles. The second-order valence-electron chi connectivity index (χ2n) is 10.2. The summed E-state index contributed by atoms with van der Waals surface area (Å²) < 4.78 is 42.3. The molecular formula is C24H30F2N6O4. The molecule has 1 saturated heterocycles. The number of alkyl halides is 2. The third-order valence-electron chi connectivity index (χ3n) is 5.82. The summed E-state index contributed by atoms with van der Waals surface area (Å²) in [5, 5.41) is 11.6. The number of ether oxygens (including phenoxy) is 1. The van der Waals surface area contributed by atoms with E-state index in [1.807, 2.05) is 30.7 Å². The Morgan fingerprint density at radius 2 is 2.06 bits per heavy atom. The van der Waals surface area contributed by atoms with Crippen LogP contribution in [-0.2, 0) is 9.53 Å². The molecular weight excluding hydrogens is 474 g/mol. The fourth-order valence-electron chi connectivity index (χ4n) is 4.11. The van der Waals surface area contributed by atoms with E-state index in [1.165, 1.54) is 0 Å². The molecule has 1 aliphatic heterocycles. The van der Waals surface area contributed by atoms with E-state index in [1.54, 1.807) is 33.0 Å². The molecule has 1 fully saturated rings. The molecule has 36 heavy (non-hydrogen) atoms. The molecule has 1 unspecified atom stereocenters. The maximum atomic E-state index is 15.1. The second kappa shape index (κ2) is 9.47. The van der Waals surface area contributed by atoms with Crippen molar-refractivity contribution in [1.82, 2.24) is 30.1 Å². The third-order valence-corrected chi connectivity index (χ3v) is 5.82. The number of fused-ring (bicyclic) bond motifs is 1. The molecule has 0 spiro atoms. The fraction of sp³-hybridized carbons (Fsp3) is 0.542. The summed E-state index contributed by atoms with van der Waals surface area (Å²) in [6.07, 6.45) is 0.913. The van der Waals surface area contributed by atoms with E-state index in [0.29, 0.717) is 5.56 Å². The van der Waals surface area contributed by atoms with Crippen molar-refractivity contribution in [2.24, 2.45) is 0 Å². The zero-order chi connectivity index (χ0) is 26.3. The number of hydrogen-bond donors (Lipinski definition) is 1. The number of hydrogen-bond acceptors (Lipinski definition) is 7. The van der Waals surface area contributed by atoms with Crippen LogP contribution in [0, 0.1) is 0 Å². The van der Waals surface area contributed by atoms with Gasteiger partial charge in [0.1, 0.15) is 18.1 Å². The van der Waals surface area contributed by atoms with E-state index in [9.17, 15) is 9.59 Å². The van der Waals surface area contributed by atoms with E-state index >= 15 is 8.78 Å². The average molecular weight is 505 g/mol. The second-order valence-corrected chi connectivity index (χ2v) is 10.2. The van der Waals surface area contributed by atoms with Crippen LogP contribution < -0.4 is 5.32 Å². The minimum absolute atomic E-state index is 0.0618. The summed E-state index contributed by atoms with van der Waals surface area (Å²) in [7, 11) is 0. The van der Waals surface area contributed by atoms with Crippen molar-refractivity contribution in [2.75, 3.05) is 19.6 Å². The molecule has 3 heterocycles. The Morgan fingerprint density at radius 1 is 1.31 bits per heavy atom. The van der Waals surface area contributed by atoms with E-state index in [4.69, 9.17) is 9.26 Å². The number of amides is 2. The lowest BCUT2D eigenvalue weighted by Gasteiger charge is -2.36. The first-order chi connectivity index (χ1) is 16.8. The van der Waals surface area contributed by atoms with Crippen molar-refractivity contribution in [1.29, 1.82) is 0 Å². The summed E-state index contributed by atoms with van der Waals surface area (Å²) in [5.41, 5.74) is 0.776. The summed E-state index contributed by atoms with van der Waals surface area (Å²) in [5.74, 6) is -5.21. The largest absolute Gasteiger partial charge is 0.444 e. The van der Waals surface area contributed by atoms with Crippen molar-refractivity contribution in [3.63, 3.8) is 0 Å². The highest BCUT2D eigenvalue weighted by atomic mass is 19.3. The van der Waals surface area contributed by atoms with Gasteiger partial charge in [-0.1, -0.05) is 17.3 Å². The maximum Gasteiger partial charge on any atom is 0.408 e. The summed E-state index contributed by atoms with van der Waals surface area (Å²) in [4.78, 5) is 29.5. The zero-order valence-corrected chi connectivity index (χ0v) is 20.9. The number of likely N-dealkylation sites (tertiary alicyclic amines) is 1. The van der Waals surface area contributed by atoms with Crippen molar-refractivity contribution in [3.05, 3.63) is 30.3 Å². The Labute approximate surface area is 207 Å². The van der Waals surface area contributed by atoms with Crippen LogP contribution >= 0.6 is 0 Å². The topological polar surface area (TPSA) is 115 Å². The van der Waals surface area contributed by atoms with Gasteiger partial charge in [-0.2, -0.15) is 10.1 Å². The van der Waals surface area contributed by atoms with E-state index in [2.05, 4.69) is 20.6 Å². The zero-order valence-electron chi connectivity index (χ0n) is 20.9. The smallest absolute Gasteiger partial charge is 0.408 e. The van der Waals surface area contributed by atoms with Gasteiger partial charge in [-0.15, -0.1) is 0 Å². The first kappa shape index (κ1) is 25.5. The van der Waals surface area contributed by atoms with Gasteiger partial charge in [-0.05, 0) is 47.1 Å². The number of nitrogens with zero attached hydrogens (tertiary/aromatic N) is 5. The van der Waals surface area contributed by atoms with Crippen LogP contribution in [0.15, 0.2) is 28.9 Å². The van der Waals surface area contributed by atoms with Crippen LogP contribution in [0.25, 0.3) is 22.3 Å². The van der Waals surface area contributed by atoms with Gasteiger partial charge in [0.15, 0.2) is 0 Å². The van der Waals surface area contributed by atoms with Gasteiger partial charge in [0.25, 0.3) is 5.92 Å². The van der Waals surface area contributed by atoms with Gasteiger partial charge in [-0.3, -0.25) is 9.48 Å². The average Bonchev–Trinajstić information content (AvgIpc) is 3.42. The number of rotatable bonds is 5. The van der Waals surface area contributed by atoms with E-state index in [-0.39, 0.29) is 30.7 Å². The molecule has 0 aliphatic carbocycles. The number of carbonyl (C=O) groups excluding carboxylic acids is 2. The molecule has 0 saturated carbocycles. The predicted octanol–water partition coefficient (Wildman–Crippen LogP) is 4.14. The number of halogens is 2. The fourth-order valence-corrected chi connectivity index (χ4v) is 4.11. The molecule has 12 heteroatoms. The number of alkyl carbamates (subject to hydrolysis) is 1. The molecule has 1 aliphatic rings. The quantitative estimate of drug-likeness (QED) is 0.555. The number of benzene rings is 1.